The van der Waals surface area contributed by atoms with Crippen molar-refractivity contribution in [3.8, 4) is 0 Å². The van der Waals surface area contributed by atoms with Gasteiger partial charge in [-0.15, -0.1) is 0 Å². The summed E-state index contributed by atoms with van der Waals surface area (Å²) in [5.41, 5.74) is 5.50. The second-order valence-electron chi connectivity index (χ2n) is 4.25. The van der Waals surface area contributed by atoms with Crippen molar-refractivity contribution >= 4 is 5.91 Å². The van der Waals surface area contributed by atoms with Gasteiger partial charge in [0, 0.05) is 12.0 Å². The summed E-state index contributed by atoms with van der Waals surface area (Å²) in [6.45, 7) is 8.82. The molecule has 84 valence electrons. The van der Waals surface area contributed by atoms with Crippen LogP contribution in [0.1, 0.15) is 40.5 Å². The molecule has 3 nitrogen and oxygen atoms in total. The first kappa shape index (κ1) is 13.4. The number of nitrogens with one attached hydrogen (secondary N) is 1. The Morgan fingerprint density at radius 1 is 1.36 bits per heavy atom. The monoisotopic (exact) mass is 200 g/mol. The fourth-order valence-electron chi connectivity index (χ4n) is 1.26. The number of carbonyl (C=O) groups is 1. The number of hydrogen-bond donors (Lipinski definition) is 2. The lowest BCUT2D eigenvalue weighted by Crippen LogP contribution is -2.42. The minimum Gasteiger partial charge on any atom is -0.353 e. The first-order valence-electron chi connectivity index (χ1n) is 5.53. The van der Waals surface area contributed by atoms with Crippen molar-refractivity contribution < 1.29 is 4.79 Å². The third-order valence-electron chi connectivity index (χ3n) is 2.67. The fraction of sp³-hybridized carbons (Fsp3) is 0.909. The Kier molecular flexibility index (Phi) is 6.54. The largest absolute Gasteiger partial charge is 0.353 e. The van der Waals surface area contributed by atoms with Crippen molar-refractivity contribution in [2.45, 2.75) is 46.6 Å². The summed E-state index contributed by atoms with van der Waals surface area (Å²) in [5.74, 6) is 0.709. The minimum absolute atomic E-state index is 0.106. The van der Waals surface area contributed by atoms with Crippen molar-refractivity contribution in [1.29, 1.82) is 0 Å². The number of nitrogens with two attached hydrogens (primary N) is 1. The molecule has 0 aliphatic rings. The van der Waals surface area contributed by atoms with Gasteiger partial charge in [0.2, 0.25) is 5.91 Å². The van der Waals surface area contributed by atoms with Crippen molar-refractivity contribution in [3.05, 3.63) is 0 Å². The van der Waals surface area contributed by atoms with Gasteiger partial charge in [0.05, 0.1) is 0 Å². The molecule has 0 radical (unpaired) electrons. The molecule has 3 N–H and O–H groups in total. The van der Waals surface area contributed by atoms with Crippen molar-refractivity contribution in [3.63, 3.8) is 0 Å². The molecule has 0 heterocycles. The van der Waals surface area contributed by atoms with E-state index in [9.17, 15) is 4.79 Å². The number of hydrogen-bond acceptors (Lipinski definition) is 2. The van der Waals surface area contributed by atoms with Gasteiger partial charge in [0.25, 0.3) is 0 Å². The van der Waals surface area contributed by atoms with Gasteiger partial charge in [0.15, 0.2) is 0 Å². The molecule has 0 fully saturated rings. The molecule has 0 spiro atoms. The molecule has 0 aromatic rings. The number of carbonyl (C=O) groups excluding carboxylic acids is 1. The van der Waals surface area contributed by atoms with Crippen LogP contribution in [0.25, 0.3) is 0 Å². The summed E-state index contributed by atoms with van der Waals surface area (Å²) in [6.07, 6.45) is 1.75. The van der Waals surface area contributed by atoms with E-state index >= 15 is 0 Å². The quantitative estimate of drug-likeness (QED) is 0.683. The molecular formula is C11H24N2O. The summed E-state index contributed by atoms with van der Waals surface area (Å²) < 4.78 is 0. The lowest BCUT2D eigenvalue weighted by Gasteiger charge is -2.23. The summed E-state index contributed by atoms with van der Waals surface area (Å²) in [5, 5.41) is 3.05. The Morgan fingerprint density at radius 3 is 2.29 bits per heavy atom. The van der Waals surface area contributed by atoms with Gasteiger partial charge in [-0.05, 0) is 25.3 Å². The van der Waals surface area contributed by atoms with Crippen LogP contribution in [-0.2, 0) is 4.79 Å². The Hall–Kier alpha value is -0.570. The van der Waals surface area contributed by atoms with Crippen LogP contribution in [0.15, 0.2) is 0 Å². The Balaban J connectivity index is 4.08. The van der Waals surface area contributed by atoms with Crippen LogP contribution in [0.3, 0.4) is 0 Å². The van der Waals surface area contributed by atoms with Crippen molar-refractivity contribution in [2.75, 3.05) is 6.54 Å². The van der Waals surface area contributed by atoms with Crippen LogP contribution in [0.4, 0.5) is 0 Å². The summed E-state index contributed by atoms with van der Waals surface area (Å²) in [4.78, 5) is 11.6. The van der Waals surface area contributed by atoms with Crippen LogP contribution in [-0.4, -0.2) is 18.5 Å². The SMILES string of the molecule is CCC(C)C(=O)NC(CCN)C(C)C. The van der Waals surface area contributed by atoms with Crippen LogP contribution < -0.4 is 11.1 Å². The minimum atomic E-state index is 0.106. The van der Waals surface area contributed by atoms with E-state index < -0.39 is 0 Å². The zero-order chi connectivity index (χ0) is 11.1. The van der Waals surface area contributed by atoms with Gasteiger partial charge in [-0.3, -0.25) is 4.79 Å². The van der Waals surface area contributed by atoms with E-state index in [1.165, 1.54) is 0 Å². The zero-order valence-electron chi connectivity index (χ0n) is 9.84. The molecule has 0 saturated carbocycles. The van der Waals surface area contributed by atoms with E-state index in [-0.39, 0.29) is 17.9 Å². The summed E-state index contributed by atoms with van der Waals surface area (Å²) >= 11 is 0. The Morgan fingerprint density at radius 2 is 1.93 bits per heavy atom. The first-order chi connectivity index (χ1) is 6.52. The maximum atomic E-state index is 11.6. The second-order valence-corrected chi connectivity index (χ2v) is 4.25. The van der Waals surface area contributed by atoms with Crippen LogP contribution in [0.2, 0.25) is 0 Å². The number of amides is 1. The molecule has 2 atom stereocenters. The standard InChI is InChI=1S/C11H24N2O/c1-5-9(4)11(14)13-10(6-7-12)8(2)3/h8-10H,5-7,12H2,1-4H3,(H,13,14). The van der Waals surface area contributed by atoms with Crippen molar-refractivity contribution in [1.82, 2.24) is 5.32 Å². The maximum Gasteiger partial charge on any atom is 0.223 e. The van der Waals surface area contributed by atoms with E-state index in [4.69, 9.17) is 5.73 Å². The Bertz CT molecular complexity index is 169. The van der Waals surface area contributed by atoms with E-state index in [1.54, 1.807) is 0 Å². The highest BCUT2D eigenvalue weighted by molar-refractivity contribution is 5.78. The average molecular weight is 200 g/mol. The van der Waals surface area contributed by atoms with E-state index in [0.29, 0.717) is 12.5 Å². The summed E-state index contributed by atoms with van der Waals surface area (Å²) in [6, 6.07) is 0.224. The van der Waals surface area contributed by atoms with E-state index in [0.717, 1.165) is 12.8 Å². The predicted molar refractivity (Wildman–Crippen MR) is 59.9 cm³/mol. The van der Waals surface area contributed by atoms with Crippen molar-refractivity contribution in [2.24, 2.45) is 17.6 Å². The molecule has 0 bridgehead atoms. The summed E-state index contributed by atoms with van der Waals surface area (Å²) in [7, 11) is 0. The topological polar surface area (TPSA) is 55.1 Å². The second kappa shape index (κ2) is 6.82. The van der Waals surface area contributed by atoms with Crippen LogP contribution in [0, 0.1) is 11.8 Å². The van der Waals surface area contributed by atoms with Gasteiger partial charge in [-0.25, -0.2) is 0 Å². The van der Waals surface area contributed by atoms with E-state index in [1.807, 2.05) is 13.8 Å². The molecular weight excluding hydrogens is 176 g/mol. The molecule has 3 heteroatoms. The highest BCUT2D eigenvalue weighted by Crippen LogP contribution is 2.08. The molecule has 2 unspecified atom stereocenters. The third-order valence-corrected chi connectivity index (χ3v) is 2.67. The Labute approximate surface area is 87.4 Å². The average Bonchev–Trinajstić information content (AvgIpc) is 2.15. The fourth-order valence-corrected chi connectivity index (χ4v) is 1.26. The van der Waals surface area contributed by atoms with Gasteiger partial charge < -0.3 is 11.1 Å². The molecule has 1 amide bonds. The predicted octanol–water partition coefficient (Wildman–Crippen LogP) is 1.52. The van der Waals surface area contributed by atoms with Crippen LogP contribution >= 0.6 is 0 Å². The molecule has 0 aromatic carbocycles. The molecule has 0 rings (SSSR count). The molecule has 14 heavy (non-hydrogen) atoms. The molecule has 0 aromatic heterocycles. The lowest BCUT2D eigenvalue weighted by molar-refractivity contribution is -0.125. The third kappa shape index (κ3) is 4.61. The normalized spacial score (nSPS) is 15.3. The van der Waals surface area contributed by atoms with Crippen LogP contribution in [0.5, 0.6) is 0 Å². The molecule has 0 aliphatic heterocycles. The highest BCUT2D eigenvalue weighted by Gasteiger charge is 2.18. The molecule has 0 saturated heterocycles. The maximum absolute atomic E-state index is 11.6. The smallest absolute Gasteiger partial charge is 0.223 e. The zero-order valence-corrected chi connectivity index (χ0v) is 9.84. The van der Waals surface area contributed by atoms with E-state index in [2.05, 4.69) is 19.2 Å². The number of rotatable bonds is 6. The van der Waals surface area contributed by atoms with Gasteiger partial charge in [-0.2, -0.15) is 0 Å². The highest BCUT2D eigenvalue weighted by atomic mass is 16.1. The lowest BCUT2D eigenvalue weighted by atomic mass is 9.99. The molecule has 0 aliphatic carbocycles. The first-order valence-corrected chi connectivity index (χ1v) is 5.53. The van der Waals surface area contributed by atoms with Gasteiger partial charge in [-0.1, -0.05) is 27.7 Å². The van der Waals surface area contributed by atoms with Gasteiger partial charge in [0.1, 0.15) is 0 Å². The van der Waals surface area contributed by atoms with Gasteiger partial charge >= 0.3 is 0 Å².